The second kappa shape index (κ2) is 7.47. The first kappa shape index (κ1) is 15.8. The summed E-state index contributed by atoms with van der Waals surface area (Å²) in [5.74, 6) is -0.186. The van der Waals surface area contributed by atoms with Crippen molar-refractivity contribution in [2.24, 2.45) is 0 Å². The van der Waals surface area contributed by atoms with E-state index in [1.807, 2.05) is 12.1 Å². The Kier molecular flexibility index (Phi) is 4.93. The average molecular weight is 323 g/mol. The number of nitrogens with one attached hydrogen (secondary N) is 1. The van der Waals surface area contributed by atoms with Crippen molar-refractivity contribution >= 4 is 5.91 Å². The number of carbonyl (C=O) groups is 1. The highest BCUT2D eigenvalue weighted by atomic mass is 16.3. The molecule has 24 heavy (non-hydrogen) atoms. The summed E-state index contributed by atoms with van der Waals surface area (Å²) in [7, 11) is 0. The zero-order chi connectivity index (χ0) is 16.8. The number of rotatable bonds is 6. The van der Waals surface area contributed by atoms with Gasteiger partial charge in [-0.05, 0) is 23.8 Å². The molecule has 0 aliphatic heterocycles. The number of hydrogen-bond acceptors (Lipinski definition) is 5. The smallest absolute Gasteiger partial charge is 0.253 e. The van der Waals surface area contributed by atoms with Crippen LogP contribution in [0, 0.1) is 0 Å². The standard InChI is InChI=1S/C17H17N5O2/c23-7-6-22-12-15(11-21-22)16-4-3-14(10-19-16)17(24)20-9-13-2-1-5-18-8-13/h1-5,8,10-12,23H,6-7,9H2,(H,20,24). The van der Waals surface area contributed by atoms with Crippen molar-refractivity contribution in [2.45, 2.75) is 13.1 Å². The molecule has 0 atom stereocenters. The molecule has 0 saturated heterocycles. The lowest BCUT2D eigenvalue weighted by molar-refractivity contribution is 0.0950. The largest absolute Gasteiger partial charge is 0.394 e. The van der Waals surface area contributed by atoms with Crippen LogP contribution in [0.4, 0.5) is 0 Å². The fourth-order valence-corrected chi connectivity index (χ4v) is 2.21. The summed E-state index contributed by atoms with van der Waals surface area (Å²) in [6, 6.07) is 7.23. The van der Waals surface area contributed by atoms with Gasteiger partial charge in [-0.2, -0.15) is 5.10 Å². The summed E-state index contributed by atoms with van der Waals surface area (Å²) in [4.78, 5) is 20.5. The Hall–Kier alpha value is -3.06. The van der Waals surface area contributed by atoms with Crippen LogP contribution in [-0.2, 0) is 13.1 Å². The zero-order valence-electron chi connectivity index (χ0n) is 13.0. The maximum absolute atomic E-state index is 12.1. The molecule has 7 nitrogen and oxygen atoms in total. The topological polar surface area (TPSA) is 92.9 Å². The van der Waals surface area contributed by atoms with Gasteiger partial charge in [0.2, 0.25) is 0 Å². The molecule has 0 bridgehead atoms. The Balaban J connectivity index is 1.64. The molecule has 0 aliphatic rings. The SMILES string of the molecule is O=C(NCc1cccnc1)c1ccc(-c2cnn(CCO)c2)nc1. The Bertz CT molecular complexity index is 799. The van der Waals surface area contributed by atoms with Gasteiger partial charge in [0.1, 0.15) is 0 Å². The molecular formula is C17H17N5O2. The fourth-order valence-electron chi connectivity index (χ4n) is 2.21. The predicted octanol–water partition coefficient (Wildman–Crippen LogP) is 1.26. The molecular weight excluding hydrogens is 306 g/mol. The number of aliphatic hydroxyl groups is 1. The molecule has 3 rings (SSSR count). The minimum absolute atomic E-state index is 0.0323. The van der Waals surface area contributed by atoms with Crippen molar-refractivity contribution in [3.05, 3.63) is 66.4 Å². The maximum Gasteiger partial charge on any atom is 0.253 e. The molecule has 122 valence electrons. The summed E-state index contributed by atoms with van der Waals surface area (Å²) in [6.45, 7) is 0.891. The molecule has 1 amide bonds. The molecule has 0 aromatic carbocycles. The summed E-state index contributed by atoms with van der Waals surface area (Å²) >= 11 is 0. The molecule has 3 aromatic heterocycles. The Morgan fingerprint density at radius 1 is 1.21 bits per heavy atom. The van der Waals surface area contributed by atoms with Gasteiger partial charge in [0.25, 0.3) is 5.91 Å². The molecule has 0 radical (unpaired) electrons. The first-order valence-corrected chi connectivity index (χ1v) is 7.53. The minimum atomic E-state index is -0.186. The van der Waals surface area contributed by atoms with E-state index in [-0.39, 0.29) is 12.5 Å². The van der Waals surface area contributed by atoms with Crippen LogP contribution in [0.25, 0.3) is 11.3 Å². The molecule has 0 saturated carbocycles. The molecule has 2 N–H and O–H groups in total. The van der Waals surface area contributed by atoms with Crippen molar-refractivity contribution in [1.29, 1.82) is 0 Å². The Labute approximate surface area is 139 Å². The first-order valence-electron chi connectivity index (χ1n) is 7.53. The van der Waals surface area contributed by atoms with Gasteiger partial charge >= 0.3 is 0 Å². The average Bonchev–Trinajstić information content (AvgIpc) is 3.10. The van der Waals surface area contributed by atoms with E-state index in [1.54, 1.807) is 41.6 Å². The van der Waals surface area contributed by atoms with Crippen LogP contribution < -0.4 is 5.32 Å². The van der Waals surface area contributed by atoms with Crippen LogP contribution in [0.1, 0.15) is 15.9 Å². The highest BCUT2D eigenvalue weighted by Gasteiger charge is 2.08. The van der Waals surface area contributed by atoms with E-state index in [9.17, 15) is 4.79 Å². The van der Waals surface area contributed by atoms with Crippen LogP contribution in [-0.4, -0.2) is 37.4 Å². The van der Waals surface area contributed by atoms with E-state index in [0.717, 1.165) is 16.8 Å². The zero-order valence-corrected chi connectivity index (χ0v) is 13.0. The maximum atomic E-state index is 12.1. The lowest BCUT2D eigenvalue weighted by Gasteiger charge is -2.05. The number of hydrogen-bond donors (Lipinski definition) is 2. The minimum Gasteiger partial charge on any atom is -0.394 e. The second-order valence-electron chi connectivity index (χ2n) is 5.19. The molecule has 0 aliphatic carbocycles. The van der Waals surface area contributed by atoms with Gasteiger partial charge in [-0.25, -0.2) is 0 Å². The van der Waals surface area contributed by atoms with E-state index in [1.165, 1.54) is 6.20 Å². The number of pyridine rings is 2. The predicted molar refractivity (Wildman–Crippen MR) is 88.0 cm³/mol. The lowest BCUT2D eigenvalue weighted by Crippen LogP contribution is -2.22. The van der Waals surface area contributed by atoms with Crippen molar-refractivity contribution in [3.8, 4) is 11.3 Å². The summed E-state index contributed by atoms with van der Waals surface area (Å²) in [5, 5.41) is 15.9. The molecule has 7 heteroatoms. The van der Waals surface area contributed by atoms with Gasteiger partial charge in [0, 0.05) is 36.9 Å². The number of aliphatic hydroxyl groups excluding tert-OH is 1. The second-order valence-corrected chi connectivity index (χ2v) is 5.19. The Morgan fingerprint density at radius 3 is 2.83 bits per heavy atom. The third-order valence-electron chi connectivity index (χ3n) is 3.46. The summed E-state index contributed by atoms with van der Waals surface area (Å²) in [5.41, 5.74) is 2.99. The van der Waals surface area contributed by atoms with Crippen LogP contribution in [0.2, 0.25) is 0 Å². The van der Waals surface area contributed by atoms with Gasteiger partial charge in [0.05, 0.1) is 30.6 Å². The van der Waals surface area contributed by atoms with Crippen LogP contribution in [0.5, 0.6) is 0 Å². The van der Waals surface area contributed by atoms with Gasteiger partial charge < -0.3 is 10.4 Å². The molecule has 0 spiro atoms. The number of aromatic nitrogens is 4. The van der Waals surface area contributed by atoms with Gasteiger partial charge in [-0.3, -0.25) is 19.4 Å². The Morgan fingerprint density at radius 2 is 2.12 bits per heavy atom. The van der Waals surface area contributed by atoms with Crippen LogP contribution in [0.3, 0.4) is 0 Å². The first-order chi connectivity index (χ1) is 11.8. The monoisotopic (exact) mass is 323 g/mol. The lowest BCUT2D eigenvalue weighted by atomic mass is 10.2. The number of carbonyl (C=O) groups excluding carboxylic acids is 1. The highest BCUT2D eigenvalue weighted by molar-refractivity contribution is 5.94. The fraction of sp³-hybridized carbons (Fsp3) is 0.176. The van der Waals surface area contributed by atoms with Crippen LogP contribution in [0.15, 0.2) is 55.2 Å². The van der Waals surface area contributed by atoms with Gasteiger partial charge in [0.15, 0.2) is 0 Å². The van der Waals surface area contributed by atoms with Crippen molar-refractivity contribution < 1.29 is 9.90 Å². The molecule has 3 heterocycles. The number of amides is 1. The molecule has 3 aromatic rings. The number of nitrogens with zero attached hydrogens (tertiary/aromatic N) is 4. The third kappa shape index (κ3) is 3.82. The summed E-state index contributed by atoms with van der Waals surface area (Å²) in [6.07, 6.45) is 8.43. The van der Waals surface area contributed by atoms with E-state index in [4.69, 9.17) is 5.11 Å². The van der Waals surface area contributed by atoms with Gasteiger partial charge in [-0.15, -0.1) is 0 Å². The van der Waals surface area contributed by atoms with Crippen molar-refractivity contribution in [2.75, 3.05) is 6.61 Å². The van der Waals surface area contributed by atoms with Crippen molar-refractivity contribution in [1.82, 2.24) is 25.1 Å². The summed E-state index contributed by atoms with van der Waals surface area (Å²) < 4.78 is 1.64. The quantitative estimate of drug-likeness (QED) is 0.712. The van der Waals surface area contributed by atoms with E-state index in [2.05, 4.69) is 20.4 Å². The van der Waals surface area contributed by atoms with E-state index >= 15 is 0 Å². The van der Waals surface area contributed by atoms with Crippen molar-refractivity contribution in [3.63, 3.8) is 0 Å². The van der Waals surface area contributed by atoms with Gasteiger partial charge in [-0.1, -0.05) is 6.07 Å². The highest BCUT2D eigenvalue weighted by Crippen LogP contribution is 2.16. The molecule has 0 fully saturated rings. The van der Waals surface area contributed by atoms with Crippen LogP contribution >= 0.6 is 0 Å². The molecule has 0 unspecified atom stereocenters. The normalized spacial score (nSPS) is 10.5. The van der Waals surface area contributed by atoms with E-state index in [0.29, 0.717) is 18.7 Å². The third-order valence-corrected chi connectivity index (χ3v) is 3.46. The van der Waals surface area contributed by atoms with E-state index < -0.39 is 0 Å².